The lowest BCUT2D eigenvalue weighted by atomic mass is 9.85. The van der Waals surface area contributed by atoms with Crippen LogP contribution in [0.25, 0.3) is 10.9 Å². The van der Waals surface area contributed by atoms with Crippen molar-refractivity contribution >= 4 is 16.8 Å². The Labute approximate surface area is 238 Å². The normalized spacial score (nSPS) is 22.9. The number of hydrogen-bond acceptors (Lipinski definition) is 4. The summed E-state index contributed by atoms with van der Waals surface area (Å²) in [6.07, 6.45) is 9.48. The van der Waals surface area contributed by atoms with Crippen LogP contribution in [0.4, 0.5) is 0 Å². The van der Waals surface area contributed by atoms with Crippen LogP contribution in [0, 0.1) is 26.7 Å². The van der Waals surface area contributed by atoms with E-state index in [0.717, 1.165) is 60.4 Å². The van der Waals surface area contributed by atoms with Crippen molar-refractivity contribution in [2.45, 2.75) is 84.2 Å². The van der Waals surface area contributed by atoms with Gasteiger partial charge in [-0.2, -0.15) is 0 Å². The number of phenolic OH excluding ortho intramolecular Hbond substituents is 1. The molecule has 3 aromatic rings. The van der Waals surface area contributed by atoms with Crippen molar-refractivity contribution in [2.24, 2.45) is 5.92 Å². The number of para-hydroxylation sites is 1. The summed E-state index contributed by atoms with van der Waals surface area (Å²) < 4.78 is 6.48. The third-order valence-corrected chi connectivity index (χ3v) is 10.4. The molecule has 2 fully saturated rings. The Morgan fingerprint density at radius 2 is 1.75 bits per heavy atom. The van der Waals surface area contributed by atoms with Gasteiger partial charge in [-0.1, -0.05) is 18.2 Å². The molecule has 1 aromatic heterocycles. The van der Waals surface area contributed by atoms with Gasteiger partial charge in [-0.25, -0.2) is 0 Å². The predicted molar refractivity (Wildman–Crippen MR) is 160 cm³/mol. The Morgan fingerprint density at radius 1 is 1.02 bits per heavy atom. The summed E-state index contributed by atoms with van der Waals surface area (Å²) in [6, 6.07) is 8.66. The fourth-order valence-electron chi connectivity index (χ4n) is 7.42. The summed E-state index contributed by atoms with van der Waals surface area (Å²) in [4.78, 5) is 21.8. The lowest BCUT2D eigenvalue weighted by Gasteiger charge is -2.42. The number of ether oxygens (including phenoxy) is 1. The Kier molecular flexibility index (Phi) is 7.32. The number of aromatic hydroxyl groups is 1. The number of aromatic amines is 1. The first-order valence-electron chi connectivity index (χ1n) is 15.3. The fourth-order valence-corrected chi connectivity index (χ4v) is 7.42. The number of carbonyl (C=O) groups excluding carboxylic acids is 1. The molecule has 0 saturated carbocycles. The Hall–Kier alpha value is -2.99. The molecule has 214 valence electrons. The molecule has 0 unspecified atom stereocenters. The number of piperidine rings is 2. The van der Waals surface area contributed by atoms with Crippen molar-refractivity contribution < 1.29 is 14.6 Å². The second kappa shape index (κ2) is 10.8. The summed E-state index contributed by atoms with van der Waals surface area (Å²) in [5.41, 5.74) is 5.63. The first kappa shape index (κ1) is 27.2. The number of nitrogens with one attached hydrogen (secondary N) is 1. The number of nitrogens with zero attached hydrogens (tertiary/aromatic N) is 2. The zero-order chi connectivity index (χ0) is 28.0. The summed E-state index contributed by atoms with van der Waals surface area (Å²) in [6.45, 7) is 13.0. The van der Waals surface area contributed by atoms with Crippen LogP contribution in [0.1, 0.15) is 79.2 Å². The average molecular weight is 544 g/mol. The zero-order valence-electron chi connectivity index (χ0n) is 24.7. The molecule has 1 atom stereocenters. The van der Waals surface area contributed by atoms with E-state index in [1.165, 1.54) is 55.4 Å². The zero-order valence-corrected chi connectivity index (χ0v) is 24.7. The highest BCUT2D eigenvalue weighted by atomic mass is 16.5. The van der Waals surface area contributed by atoms with Crippen molar-refractivity contribution in [1.82, 2.24) is 14.8 Å². The van der Waals surface area contributed by atoms with Crippen LogP contribution in [-0.4, -0.2) is 64.1 Å². The molecule has 3 aliphatic rings. The maximum atomic E-state index is 13.7. The van der Waals surface area contributed by atoms with E-state index < -0.39 is 5.60 Å². The number of fused-ring (bicyclic) bond motifs is 2. The minimum absolute atomic E-state index is 0.124. The second-order valence-corrected chi connectivity index (χ2v) is 12.8. The van der Waals surface area contributed by atoms with E-state index in [1.807, 2.05) is 32.6 Å². The number of likely N-dealkylation sites (tertiary alicyclic amines) is 2. The van der Waals surface area contributed by atoms with Crippen LogP contribution in [0.15, 0.2) is 30.5 Å². The molecule has 3 aliphatic heterocycles. The average Bonchev–Trinajstić information content (AvgIpc) is 3.42. The van der Waals surface area contributed by atoms with Crippen LogP contribution in [0.2, 0.25) is 0 Å². The van der Waals surface area contributed by atoms with Gasteiger partial charge in [0.15, 0.2) is 5.60 Å². The maximum absolute atomic E-state index is 13.7. The predicted octanol–water partition coefficient (Wildman–Crippen LogP) is 6.39. The van der Waals surface area contributed by atoms with Gasteiger partial charge in [0, 0.05) is 42.2 Å². The number of phenols is 1. The molecule has 40 heavy (non-hydrogen) atoms. The van der Waals surface area contributed by atoms with Crippen molar-refractivity contribution in [2.75, 3.05) is 32.7 Å². The van der Waals surface area contributed by atoms with Crippen molar-refractivity contribution in [3.05, 3.63) is 58.3 Å². The van der Waals surface area contributed by atoms with Crippen LogP contribution < -0.4 is 4.74 Å². The lowest BCUT2D eigenvalue weighted by Crippen LogP contribution is -2.54. The van der Waals surface area contributed by atoms with Crippen LogP contribution in [-0.2, 0) is 11.2 Å². The minimum Gasteiger partial charge on any atom is -0.507 e. The number of rotatable bonds is 5. The molecular weight excluding hydrogens is 498 g/mol. The third kappa shape index (κ3) is 4.89. The Morgan fingerprint density at radius 3 is 2.50 bits per heavy atom. The number of hydrogen-bond donors (Lipinski definition) is 2. The van der Waals surface area contributed by atoms with Gasteiger partial charge in [0.2, 0.25) is 0 Å². The SMILES string of the molecule is Cc1c(C)c2c(c(C)c1O)CC[C@](C)(C(=O)N1CCC(CCN3CCC(c4c[nH]c5ccccc45)CC3)CC1)O2. The van der Waals surface area contributed by atoms with Gasteiger partial charge in [0.25, 0.3) is 5.91 Å². The maximum Gasteiger partial charge on any atom is 0.266 e. The number of benzene rings is 2. The van der Waals surface area contributed by atoms with E-state index in [9.17, 15) is 9.90 Å². The molecule has 0 bridgehead atoms. The van der Waals surface area contributed by atoms with Gasteiger partial charge < -0.3 is 24.6 Å². The fraction of sp³-hybridized carbons (Fsp3) is 0.559. The number of amides is 1. The van der Waals surface area contributed by atoms with Crippen LogP contribution >= 0.6 is 0 Å². The van der Waals surface area contributed by atoms with E-state index >= 15 is 0 Å². The lowest BCUT2D eigenvalue weighted by molar-refractivity contribution is -0.149. The molecular formula is C34H45N3O3. The molecule has 2 N–H and O–H groups in total. The highest BCUT2D eigenvalue weighted by molar-refractivity contribution is 5.86. The molecule has 1 amide bonds. The van der Waals surface area contributed by atoms with Crippen molar-refractivity contribution in [3.63, 3.8) is 0 Å². The van der Waals surface area contributed by atoms with E-state index in [4.69, 9.17) is 4.74 Å². The topological polar surface area (TPSA) is 68.8 Å². The molecule has 4 heterocycles. The van der Waals surface area contributed by atoms with E-state index in [1.54, 1.807) is 0 Å². The standard InChI is InChI=1S/C34H45N3O3/c1-22-23(2)32-27(24(3)31(22)38)9-15-34(4,40-32)33(39)37-19-11-25(12-20-37)10-16-36-17-13-26(14-18-36)29-21-35-30-8-6-5-7-28(29)30/h5-8,21,25-26,35,38H,9-20H2,1-4H3/t34-/m1/s1. The Bertz CT molecular complexity index is 1400. The smallest absolute Gasteiger partial charge is 0.266 e. The first-order valence-corrected chi connectivity index (χ1v) is 15.3. The number of H-pyrrole nitrogens is 1. The van der Waals surface area contributed by atoms with Gasteiger partial charge >= 0.3 is 0 Å². The molecule has 2 aromatic carbocycles. The second-order valence-electron chi connectivity index (χ2n) is 12.8. The summed E-state index contributed by atoms with van der Waals surface area (Å²) in [5, 5.41) is 11.9. The molecule has 6 nitrogen and oxygen atoms in total. The highest BCUT2D eigenvalue weighted by Gasteiger charge is 2.43. The summed E-state index contributed by atoms with van der Waals surface area (Å²) in [5.74, 6) is 2.62. The largest absolute Gasteiger partial charge is 0.507 e. The van der Waals surface area contributed by atoms with E-state index in [0.29, 0.717) is 24.0 Å². The third-order valence-electron chi connectivity index (χ3n) is 10.4. The molecule has 0 radical (unpaired) electrons. The molecule has 2 saturated heterocycles. The van der Waals surface area contributed by atoms with Crippen LogP contribution in [0.3, 0.4) is 0 Å². The van der Waals surface area contributed by atoms with Gasteiger partial charge in [0.1, 0.15) is 11.5 Å². The van der Waals surface area contributed by atoms with Gasteiger partial charge in [-0.05, 0) is 126 Å². The van der Waals surface area contributed by atoms with Gasteiger partial charge in [-0.15, -0.1) is 0 Å². The first-order chi connectivity index (χ1) is 19.2. The quantitative estimate of drug-likeness (QED) is 0.391. The van der Waals surface area contributed by atoms with Crippen molar-refractivity contribution in [3.8, 4) is 11.5 Å². The Balaban J connectivity index is 0.982. The van der Waals surface area contributed by atoms with Crippen molar-refractivity contribution in [1.29, 1.82) is 0 Å². The van der Waals surface area contributed by atoms with Gasteiger partial charge in [-0.3, -0.25) is 4.79 Å². The number of aromatic nitrogens is 1. The molecule has 0 aliphatic carbocycles. The molecule has 6 rings (SSSR count). The van der Waals surface area contributed by atoms with E-state index in [-0.39, 0.29) is 5.91 Å². The van der Waals surface area contributed by atoms with Crippen LogP contribution in [0.5, 0.6) is 11.5 Å². The van der Waals surface area contributed by atoms with Gasteiger partial charge in [0.05, 0.1) is 0 Å². The molecule has 0 spiro atoms. The van der Waals surface area contributed by atoms with E-state index in [2.05, 4.69) is 40.3 Å². The number of carbonyl (C=O) groups is 1. The summed E-state index contributed by atoms with van der Waals surface area (Å²) >= 11 is 0. The highest BCUT2D eigenvalue weighted by Crippen LogP contribution is 2.44. The minimum atomic E-state index is -0.838. The molecule has 6 heteroatoms. The monoisotopic (exact) mass is 543 g/mol. The summed E-state index contributed by atoms with van der Waals surface area (Å²) in [7, 11) is 0.